The van der Waals surface area contributed by atoms with Crippen LogP contribution < -0.4 is 0 Å². The molecule has 5 heteroatoms. The van der Waals surface area contributed by atoms with E-state index < -0.39 is 10.1 Å². The van der Waals surface area contributed by atoms with Gasteiger partial charge < -0.3 is 4.18 Å². The maximum atomic E-state index is 11.7. The Labute approximate surface area is 135 Å². The molecule has 0 fully saturated rings. The first-order chi connectivity index (χ1) is 8.68. The van der Waals surface area contributed by atoms with Crippen LogP contribution in [0.3, 0.4) is 0 Å². The third-order valence-electron chi connectivity index (χ3n) is 2.27. The van der Waals surface area contributed by atoms with Crippen LogP contribution >= 0.6 is 0 Å². The Morgan fingerprint density at radius 3 is 1.95 bits per heavy atom. The predicted molar refractivity (Wildman–Crippen MR) is 77.3 cm³/mol. The molecule has 2 aromatic rings. The fraction of sp³-hybridized carbons (Fsp3) is 0. The van der Waals surface area contributed by atoms with E-state index in [-0.39, 0.29) is 34.5 Å². The van der Waals surface area contributed by atoms with Gasteiger partial charge in [0.2, 0.25) is 0 Å². The molecule has 2 rings (SSSR count). The Hall–Kier alpha value is -1.07. The Morgan fingerprint density at radius 2 is 1.37 bits per heavy atom. The van der Waals surface area contributed by atoms with Gasteiger partial charge in [-0.05, 0) is 23.8 Å². The summed E-state index contributed by atoms with van der Waals surface area (Å²) in [6, 6.07) is 17.4. The van der Waals surface area contributed by atoms with Crippen molar-refractivity contribution < 1.29 is 12.6 Å². The summed E-state index contributed by atoms with van der Waals surface area (Å²) in [7, 11) is -3.72. The molecule has 0 N–H and O–H groups in total. The summed E-state index contributed by atoms with van der Waals surface area (Å²) in [4.78, 5) is 0.141. The van der Waals surface area contributed by atoms with E-state index in [1.54, 1.807) is 24.3 Å². The number of hydrogen-bond donors (Lipinski definition) is 0. The molecule has 0 bridgehead atoms. The molecular weight excluding hydrogens is 271 g/mol. The number of benzene rings is 2. The van der Waals surface area contributed by atoms with Gasteiger partial charge in [0.25, 0.3) is 0 Å². The first-order valence-corrected chi connectivity index (χ1v) is 6.79. The average molecular weight is 284 g/mol. The molecule has 0 aromatic heterocycles. The molecule has 0 radical (unpaired) electrons. The van der Waals surface area contributed by atoms with E-state index in [1.807, 2.05) is 30.3 Å². The normalized spacial score (nSPS) is 10.9. The van der Waals surface area contributed by atoms with Crippen LogP contribution in [0.5, 0.6) is 0 Å². The second-order valence-corrected chi connectivity index (χ2v) is 5.15. The molecular formula is C14H13NaO3S. The maximum absolute atomic E-state index is 11.7. The fourth-order valence-corrected chi connectivity index (χ4v) is 2.19. The van der Waals surface area contributed by atoms with Gasteiger partial charge in [-0.1, -0.05) is 48.5 Å². The van der Waals surface area contributed by atoms with Crippen LogP contribution in [0.25, 0.3) is 6.08 Å². The predicted octanol–water partition coefficient (Wildman–Crippen LogP) is 2.41. The summed E-state index contributed by atoms with van der Waals surface area (Å²) in [6.07, 6.45) is 2.78. The summed E-state index contributed by atoms with van der Waals surface area (Å²) in [5.41, 5.74) is 0.876. The van der Waals surface area contributed by atoms with Gasteiger partial charge in [0.05, 0.1) is 0 Å². The van der Waals surface area contributed by atoms with Crippen molar-refractivity contribution in [2.75, 3.05) is 0 Å². The van der Waals surface area contributed by atoms with Gasteiger partial charge >= 0.3 is 39.7 Å². The van der Waals surface area contributed by atoms with Crippen LogP contribution in [0.4, 0.5) is 0 Å². The van der Waals surface area contributed by atoms with Gasteiger partial charge in [-0.3, -0.25) is 0 Å². The Kier molecular flexibility index (Phi) is 6.31. The van der Waals surface area contributed by atoms with E-state index in [2.05, 4.69) is 0 Å². The van der Waals surface area contributed by atoms with E-state index in [4.69, 9.17) is 4.18 Å². The van der Waals surface area contributed by atoms with E-state index in [0.29, 0.717) is 0 Å². The van der Waals surface area contributed by atoms with Gasteiger partial charge in [-0.15, -0.1) is 0 Å². The summed E-state index contributed by atoms with van der Waals surface area (Å²) in [6.45, 7) is 0. The van der Waals surface area contributed by atoms with Crippen molar-refractivity contribution in [1.29, 1.82) is 0 Å². The second-order valence-electron chi connectivity index (χ2n) is 3.58. The zero-order valence-electron chi connectivity index (χ0n) is 9.56. The summed E-state index contributed by atoms with van der Waals surface area (Å²) < 4.78 is 28.3. The molecule has 94 valence electrons. The third kappa shape index (κ3) is 4.84. The molecule has 0 heterocycles. The molecule has 0 saturated carbocycles. The molecule has 0 aliphatic heterocycles. The Balaban J connectivity index is 0.00000180. The molecule has 0 unspecified atom stereocenters. The van der Waals surface area contributed by atoms with Crippen LogP contribution in [-0.4, -0.2) is 38.0 Å². The van der Waals surface area contributed by atoms with E-state index >= 15 is 0 Å². The van der Waals surface area contributed by atoms with Crippen LogP contribution in [0.2, 0.25) is 0 Å². The Morgan fingerprint density at radius 1 is 0.842 bits per heavy atom. The van der Waals surface area contributed by atoms with Crippen molar-refractivity contribution in [1.82, 2.24) is 0 Å². The van der Waals surface area contributed by atoms with Gasteiger partial charge in [0.15, 0.2) is 0 Å². The molecule has 0 spiro atoms. The van der Waals surface area contributed by atoms with Crippen molar-refractivity contribution in [3.8, 4) is 0 Å². The zero-order chi connectivity index (χ0) is 12.8. The minimum absolute atomic E-state index is 0. The van der Waals surface area contributed by atoms with Crippen molar-refractivity contribution >= 4 is 45.8 Å². The molecule has 0 atom stereocenters. The summed E-state index contributed by atoms with van der Waals surface area (Å²) in [5, 5.41) is 0. The van der Waals surface area contributed by atoms with Crippen LogP contribution in [-0.2, 0) is 14.3 Å². The first kappa shape index (κ1) is 16.0. The molecule has 19 heavy (non-hydrogen) atoms. The van der Waals surface area contributed by atoms with Gasteiger partial charge in [0.1, 0.15) is 11.2 Å². The topological polar surface area (TPSA) is 43.4 Å². The van der Waals surface area contributed by atoms with Crippen molar-refractivity contribution in [3.05, 3.63) is 72.5 Å². The molecule has 3 nitrogen and oxygen atoms in total. The second kappa shape index (κ2) is 7.50. The van der Waals surface area contributed by atoms with Crippen LogP contribution in [0.15, 0.2) is 71.8 Å². The monoisotopic (exact) mass is 284 g/mol. The first-order valence-electron chi connectivity index (χ1n) is 5.38. The molecule has 0 saturated heterocycles. The van der Waals surface area contributed by atoms with Gasteiger partial charge in [-0.25, -0.2) is 0 Å². The quantitative estimate of drug-likeness (QED) is 0.492. The summed E-state index contributed by atoms with van der Waals surface area (Å²) >= 11 is 0. The minimum atomic E-state index is -3.72. The summed E-state index contributed by atoms with van der Waals surface area (Å²) in [5.74, 6) is 0. The van der Waals surface area contributed by atoms with E-state index in [9.17, 15) is 8.42 Å². The molecule has 0 amide bonds. The fourth-order valence-electron chi connectivity index (χ4n) is 1.39. The van der Waals surface area contributed by atoms with Crippen LogP contribution in [0.1, 0.15) is 5.56 Å². The van der Waals surface area contributed by atoms with Crippen LogP contribution in [0, 0.1) is 0 Å². The SMILES string of the molecule is O=S(=O)(OC=Cc1ccccc1)c1ccccc1.[NaH]. The standard InChI is InChI=1S/C14H12O3S.Na.H/c15-18(16,14-9-5-2-6-10-14)17-12-11-13-7-3-1-4-8-13;;/h1-12H;;. The number of rotatable bonds is 4. The average Bonchev–Trinajstić information content (AvgIpc) is 2.41. The van der Waals surface area contributed by atoms with Crippen molar-refractivity contribution in [2.24, 2.45) is 0 Å². The molecule has 2 aromatic carbocycles. The third-order valence-corrected chi connectivity index (χ3v) is 3.49. The van der Waals surface area contributed by atoms with E-state index in [0.717, 1.165) is 5.56 Å². The Bertz CT molecular complexity index is 622. The van der Waals surface area contributed by atoms with Crippen molar-refractivity contribution in [3.63, 3.8) is 0 Å². The van der Waals surface area contributed by atoms with Gasteiger partial charge in [-0.2, -0.15) is 8.42 Å². The zero-order valence-corrected chi connectivity index (χ0v) is 10.4. The van der Waals surface area contributed by atoms with Crippen molar-refractivity contribution in [2.45, 2.75) is 4.90 Å². The molecule has 0 aliphatic carbocycles. The van der Waals surface area contributed by atoms with Gasteiger partial charge in [0, 0.05) is 0 Å². The van der Waals surface area contributed by atoms with E-state index in [1.165, 1.54) is 18.4 Å². The number of hydrogen-bond acceptors (Lipinski definition) is 3. The molecule has 0 aliphatic rings.